The third-order valence-corrected chi connectivity index (χ3v) is 2.08. The molecule has 0 aliphatic heterocycles. The summed E-state index contributed by atoms with van der Waals surface area (Å²) in [7, 11) is 1.57. The number of anilines is 1. The normalized spacial score (nSPS) is 10.2. The Labute approximate surface area is 98.2 Å². The van der Waals surface area contributed by atoms with Gasteiger partial charge in [0.15, 0.2) is 5.82 Å². The minimum absolute atomic E-state index is 0.533. The zero-order valence-electron chi connectivity index (χ0n) is 9.67. The molecule has 2 aromatic heterocycles. The highest BCUT2D eigenvalue weighted by Gasteiger charge is 2.03. The average molecular weight is 235 g/mol. The largest absolute Gasteiger partial charge is 0.481 e. The molecule has 7 nitrogen and oxygen atoms in total. The molecule has 0 radical (unpaired) electrons. The Morgan fingerprint density at radius 1 is 1.41 bits per heavy atom. The summed E-state index contributed by atoms with van der Waals surface area (Å²) in [5.74, 6) is 1.72. The Balaban J connectivity index is 1.92. The molecule has 0 saturated carbocycles. The molecule has 0 aromatic carbocycles. The van der Waals surface area contributed by atoms with Crippen molar-refractivity contribution >= 4 is 5.95 Å². The molecule has 2 aromatic rings. The van der Waals surface area contributed by atoms with Gasteiger partial charge in [0.25, 0.3) is 0 Å². The molecule has 0 unspecified atom stereocenters. The molecule has 0 spiro atoms. The van der Waals surface area contributed by atoms with E-state index in [-0.39, 0.29) is 0 Å². The Kier molecular flexibility index (Phi) is 3.49. The molecule has 17 heavy (non-hydrogen) atoms. The fourth-order valence-electron chi connectivity index (χ4n) is 1.31. The van der Waals surface area contributed by atoms with Gasteiger partial charge in [0.2, 0.25) is 18.2 Å². The number of rotatable bonds is 5. The van der Waals surface area contributed by atoms with Gasteiger partial charge in [-0.3, -0.25) is 0 Å². The molecule has 0 bridgehead atoms. The lowest BCUT2D eigenvalue weighted by Crippen LogP contribution is -2.09. The first kappa shape index (κ1) is 11.3. The van der Waals surface area contributed by atoms with Crippen molar-refractivity contribution in [3.63, 3.8) is 0 Å². The summed E-state index contributed by atoms with van der Waals surface area (Å²) >= 11 is 0. The number of nitrogens with zero attached hydrogens (tertiary/aromatic N) is 4. The molecule has 0 aliphatic carbocycles. The van der Waals surface area contributed by atoms with Crippen molar-refractivity contribution < 1.29 is 9.26 Å². The monoisotopic (exact) mass is 235 g/mol. The quantitative estimate of drug-likeness (QED) is 0.821. The number of nitrogens with one attached hydrogen (secondary N) is 1. The van der Waals surface area contributed by atoms with E-state index in [1.807, 2.05) is 6.92 Å². The summed E-state index contributed by atoms with van der Waals surface area (Å²) in [5, 5.41) is 6.78. The predicted molar refractivity (Wildman–Crippen MR) is 59.8 cm³/mol. The summed E-state index contributed by atoms with van der Waals surface area (Å²) in [5.41, 5.74) is 0.846. The van der Waals surface area contributed by atoms with Gasteiger partial charge in [-0.05, 0) is 6.92 Å². The molecule has 0 amide bonds. The Bertz CT molecular complexity index is 472. The van der Waals surface area contributed by atoms with Gasteiger partial charge in [-0.2, -0.15) is 9.97 Å². The number of ether oxygens (including phenoxy) is 1. The first-order chi connectivity index (χ1) is 8.28. The number of methoxy groups -OCH3 is 1. The smallest absolute Gasteiger partial charge is 0.226 e. The Hall–Kier alpha value is -2.18. The SMILES string of the molecule is COc1cc(C)nc(NCCc2ncon2)n1. The van der Waals surface area contributed by atoms with Crippen LogP contribution in [0.2, 0.25) is 0 Å². The molecule has 0 fully saturated rings. The van der Waals surface area contributed by atoms with Crippen LogP contribution in [0.15, 0.2) is 17.0 Å². The summed E-state index contributed by atoms with van der Waals surface area (Å²) < 4.78 is 9.69. The van der Waals surface area contributed by atoms with Crippen LogP contribution in [0.5, 0.6) is 5.88 Å². The van der Waals surface area contributed by atoms with Crippen LogP contribution in [0.1, 0.15) is 11.5 Å². The molecule has 7 heteroatoms. The predicted octanol–water partition coefficient (Wildman–Crippen LogP) is 0.831. The molecular formula is C10H13N5O2. The molecule has 0 aliphatic rings. The third kappa shape index (κ3) is 3.13. The average Bonchev–Trinajstić information content (AvgIpc) is 2.81. The van der Waals surface area contributed by atoms with E-state index in [1.54, 1.807) is 13.2 Å². The van der Waals surface area contributed by atoms with Gasteiger partial charge in [0.05, 0.1) is 7.11 Å². The van der Waals surface area contributed by atoms with E-state index in [2.05, 4.69) is 29.9 Å². The maximum Gasteiger partial charge on any atom is 0.226 e. The van der Waals surface area contributed by atoms with Crippen molar-refractivity contribution in [1.82, 2.24) is 20.1 Å². The van der Waals surface area contributed by atoms with E-state index in [4.69, 9.17) is 4.74 Å². The van der Waals surface area contributed by atoms with Gasteiger partial charge in [0, 0.05) is 24.7 Å². The summed E-state index contributed by atoms with van der Waals surface area (Å²) in [6, 6.07) is 1.77. The highest BCUT2D eigenvalue weighted by Crippen LogP contribution is 2.10. The number of hydrogen-bond donors (Lipinski definition) is 1. The summed E-state index contributed by atoms with van der Waals surface area (Å²) in [6.07, 6.45) is 1.96. The van der Waals surface area contributed by atoms with E-state index in [0.29, 0.717) is 30.6 Å². The van der Waals surface area contributed by atoms with Crippen LogP contribution in [0.3, 0.4) is 0 Å². The van der Waals surface area contributed by atoms with Crippen LogP contribution in [-0.4, -0.2) is 33.8 Å². The van der Waals surface area contributed by atoms with Gasteiger partial charge < -0.3 is 14.6 Å². The van der Waals surface area contributed by atoms with Crippen LogP contribution in [-0.2, 0) is 6.42 Å². The lowest BCUT2D eigenvalue weighted by Gasteiger charge is -2.06. The van der Waals surface area contributed by atoms with Crippen LogP contribution in [0.4, 0.5) is 5.95 Å². The van der Waals surface area contributed by atoms with E-state index in [0.717, 1.165) is 5.69 Å². The Morgan fingerprint density at radius 2 is 2.29 bits per heavy atom. The summed E-state index contributed by atoms with van der Waals surface area (Å²) in [4.78, 5) is 12.3. The second-order valence-corrected chi connectivity index (χ2v) is 3.40. The van der Waals surface area contributed by atoms with E-state index >= 15 is 0 Å². The second-order valence-electron chi connectivity index (χ2n) is 3.40. The van der Waals surface area contributed by atoms with E-state index in [1.165, 1.54) is 6.39 Å². The van der Waals surface area contributed by atoms with Crippen LogP contribution >= 0.6 is 0 Å². The van der Waals surface area contributed by atoms with E-state index in [9.17, 15) is 0 Å². The zero-order chi connectivity index (χ0) is 12.1. The fourth-order valence-corrected chi connectivity index (χ4v) is 1.31. The lowest BCUT2D eigenvalue weighted by molar-refractivity contribution is 0.397. The van der Waals surface area contributed by atoms with Gasteiger partial charge in [-0.15, -0.1) is 0 Å². The maximum atomic E-state index is 5.06. The molecule has 0 atom stereocenters. The van der Waals surface area contributed by atoms with Crippen LogP contribution in [0, 0.1) is 6.92 Å². The van der Waals surface area contributed by atoms with Crippen molar-refractivity contribution in [3.05, 3.63) is 24.0 Å². The van der Waals surface area contributed by atoms with Gasteiger partial charge in [-0.1, -0.05) is 5.16 Å². The van der Waals surface area contributed by atoms with Crippen molar-refractivity contribution in [2.45, 2.75) is 13.3 Å². The Morgan fingerprint density at radius 3 is 3.00 bits per heavy atom. The maximum absolute atomic E-state index is 5.06. The highest BCUT2D eigenvalue weighted by molar-refractivity contribution is 5.30. The molecule has 90 valence electrons. The molecule has 0 saturated heterocycles. The van der Waals surface area contributed by atoms with Crippen LogP contribution in [0.25, 0.3) is 0 Å². The number of aryl methyl sites for hydroxylation is 1. The van der Waals surface area contributed by atoms with Crippen molar-refractivity contribution in [3.8, 4) is 5.88 Å². The third-order valence-electron chi connectivity index (χ3n) is 2.08. The van der Waals surface area contributed by atoms with Crippen LogP contribution < -0.4 is 10.1 Å². The summed E-state index contributed by atoms with van der Waals surface area (Å²) in [6.45, 7) is 2.51. The van der Waals surface area contributed by atoms with E-state index < -0.39 is 0 Å². The van der Waals surface area contributed by atoms with Gasteiger partial charge in [-0.25, -0.2) is 4.98 Å². The number of hydrogen-bond acceptors (Lipinski definition) is 7. The van der Waals surface area contributed by atoms with Crippen molar-refractivity contribution in [2.75, 3.05) is 19.0 Å². The fraction of sp³-hybridized carbons (Fsp3) is 0.400. The van der Waals surface area contributed by atoms with Crippen molar-refractivity contribution in [2.24, 2.45) is 0 Å². The highest BCUT2D eigenvalue weighted by atomic mass is 16.5. The first-order valence-corrected chi connectivity index (χ1v) is 5.16. The molecular weight excluding hydrogens is 222 g/mol. The minimum Gasteiger partial charge on any atom is -0.481 e. The molecule has 1 N–H and O–H groups in total. The van der Waals surface area contributed by atoms with Crippen molar-refractivity contribution in [1.29, 1.82) is 0 Å². The minimum atomic E-state index is 0.533. The first-order valence-electron chi connectivity index (χ1n) is 5.16. The second kappa shape index (κ2) is 5.24. The number of aromatic nitrogens is 4. The molecule has 2 rings (SSSR count). The standard InChI is InChI=1S/C10H13N5O2/c1-7-5-9(16-2)14-10(13-7)11-4-3-8-12-6-17-15-8/h5-6H,3-4H2,1-2H3,(H,11,13,14). The van der Waals surface area contributed by atoms with Gasteiger partial charge in [0.1, 0.15) is 0 Å². The van der Waals surface area contributed by atoms with Gasteiger partial charge >= 0.3 is 0 Å². The topological polar surface area (TPSA) is 86.0 Å². The zero-order valence-corrected chi connectivity index (χ0v) is 9.67. The molecule has 2 heterocycles. The lowest BCUT2D eigenvalue weighted by atomic mass is 10.4.